The average molecular weight is 496 g/mol. The maximum Gasteiger partial charge on any atom is 0.263 e. The van der Waals surface area contributed by atoms with Gasteiger partial charge in [0.1, 0.15) is 0 Å². The number of imide groups is 1. The molecule has 0 saturated carbocycles. The zero-order chi connectivity index (χ0) is 25.4. The van der Waals surface area contributed by atoms with Gasteiger partial charge in [0, 0.05) is 32.7 Å². The highest BCUT2D eigenvalue weighted by atomic mass is 16.7. The van der Waals surface area contributed by atoms with E-state index in [1.54, 1.807) is 6.07 Å². The summed E-state index contributed by atoms with van der Waals surface area (Å²) in [5.41, 5.74) is 5.20. The number of hydrogen-bond donors (Lipinski definition) is 0. The summed E-state index contributed by atoms with van der Waals surface area (Å²) in [7, 11) is 0. The summed E-state index contributed by atoms with van der Waals surface area (Å²) < 4.78 is 10.8. The highest BCUT2D eigenvalue weighted by Gasteiger charge is 2.39. The molecule has 0 aromatic heterocycles. The van der Waals surface area contributed by atoms with E-state index in [1.165, 1.54) is 16.0 Å². The van der Waals surface area contributed by atoms with Gasteiger partial charge in [-0.25, -0.2) is 0 Å². The number of rotatable bonds is 6. The Bertz CT molecular complexity index is 1380. The molecule has 0 aliphatic carbocycles. The lowest BCUT2D eigenvalue weighted by atomic mass is 10.1. The number of ether oxygens (including phenoxy) is 2. The Labute approximate surface area is 216 Å². The van der Waals surface area contributed by atoms with E-state index in [0.717, 1.165) is 44.0 Å². The number of piperazine rings is 1. The predicted molar refractivity (Wildman–Crippen MR) is 142 cm³/mol. The lowest BCUT2D eigenvalue weighted by molar-refractivity contribution is 0.0642. The van der Waals surface area contributed by atoms with Gasteiger partial charge in [0.15, 0.2) is 11.5 Å². The number of carbonyl (C=O) groups is 2. The minimum Gasteiger partial charge on any atom is -0.454 e. The Morgan fingerprint density at radius 2 is 1.65 bits per heavy atom. The van der Waals surface area contributed by atoms with Crippen molar-refractivity contribution in [3.05, 3.63) is 94.6 Å². The van der Waals surface area contributed by atoms with Crippen LogP contribution < -0.4 is 14.4 Å². The van der Waals surface area contributed by atoms with Crippen molar-refractivity contribution in [1.29, 1.82) is 0 Å². The third kappa shape index (κ3) is 4.58. The fourth-order valence-corrected chi connectivity index (χ4v) is 5.32. The topological polar surface area (TPSA) is 62.3 Å². The second kappa shape index (κ2) is 9.75. The van der Waals surface area contributed by atoms with Crippen molar-refractivity contribution in [2.75, 3.05) is 44.4 Å². The number of nitrogens with zero attached hydrogens (tertiary/aromatic N) is 3. The summed E-state index contributed by atoms with van der Waals surface area (Å²) in [5.74, 6) is 0.831. The smallest absolute Gasteiger partial charge is 0.263 e. The Kier molecular flexibility index (Phi) is 6.14. The fourth-order valence-electron chi connectivity index (χ4n) is 5.32. The van der Waals surface area contributed by atoms with Crippen LogP contribution in [-0.4, -0.2) is 61.1 Å². The Balaban J connectivity index is 1.14. The van der Waals surface area contributed by atoms with Gasteiger partial charge in [-0.15, -0.1) is 0 Å². The molecule has 1 fully saturated rings. The van der Waals surface area contributed by atoms with E-state index in [1.807, 2.05) is 36.4 Å². The molecule has 7 heteroatoms. The van der Waals surface area contributed by atoms with Gasteiger partial charge in [-0.3, -0.25) is 19.4 Å². The van der Waals surface area contributed by atoms with Crippen molar-refractivity contribution < 1.29 is 19.1 Å². The van der Waals surface area contributed by atoms with Crippen LogP contribution in [-0.2, 0) is 6.54 Å². The van der Waals surface area contributed by atoms with E-state index in [-0.39, 0.29) is 25.2 Å². The number of fused-ring (bicyclic) bond motifs is 2. The Hall–Kier alpha value is -4.10. The summed E-state index contributed by atoms with van der Waals surface area (Å²) in [6.45, 7) is 6.87. The van der Waals surface area contributed by atoms with Crippen molar-refractivity contribution in [3.8, 4) is 11.5 Å². The molecular formula is C30H29N3O4. The molecule has 188 valence electrons. The average Bonchev–Trinajstić information content (AvgIpc) is 3.48. The number of benzene rings is 3. The third-order valence-electron chi connectivity index (χ3n) is 7.15. The molecule has 0 spiro atoms. The molecule has 0 N–H and O–H groups in total. The van der Waals surface area contributed by atoms with Crippen LogP contribution in [0.3, 0.4) is 0 Å². The van der Waals surface area contributed by atoms with E-state index >= 15 is 0 Å². The first-order chi connectivity index (χ1) is 18.1. The molecule has 3 heterocycles. The monoisotopic (exact) mass is 495 g/mol. The molecule has 0 radical (unpaired) electrons. The van der Waals surface area contributed by atoms with Gasteiger partial charge in [0.05, 0.1) is 23.4 Å². The van der Waals surface area contributed by atoms with Crippen LogP contribution in [0.25, 0.3) is 6.08 Å². The molecule has 2 amide bonds. The SMILES string of the molecule is C/C(=C\c1ccccc1)CN1CCN(c2cccc3c2C(=O)N(Cc2ccc4c(c2)OCO4)C3=O)CC1. The van der Waals surface area contributed by atoms with Gasteiger partial charge in [-0.05, 0) is 42.3 Å². The molecule has 1 saturated heterocycles. The third-order valence-corrected chi connectivity index (χ3v) is 7.15. The van der Waals surface area contributed by atoms with Crippen LogP contribution in [0, 0.1) is 0 Å². The van der Waals surface area contributed by atoms with Crippen LogP contribution in [0.15, 0.2) is 72.3 Å². The molecule has 0 bridgehead atoms. The highest BCUT2D eigenvalue weighted by molar-refractivity contribution is 6.23. The van der Waals surface area contributed by atoms with Crippen molar-refractivity contribution >= 4 is 23.6 Å². The molecule has 3 aromatic rings. The first kappa shape index (κ1) is 23.3. The minimum atomic E-state index is -0.250. The van der Waals surface area contributed by atoms with Gasteiger partial charge in [-0.1, -0.05) is 54.1 Å². The van der Waals surface area contributed by atoms with Crippen LogP contribution in [0.5, 0.6) is 11.5 Å². The second-order valence-electron chi connectivity index (χ2n) is 9.75. The van der Waals surface area contributed by atoms with Crippen LogP contribution >= 0.6 is 0 Å². The first-order valence-corrected chi connectivity index (χ1v) is 12.6. The number of anilines is 1. The largest absolute Gasteiger partial charge is 0.454 e. The zero-order valence-electron chi connectivity index (χ0n) is 20.9. The number of carbonyl (C=O) groups excluding carboxylic acids is 2. The molecule has 6 rings (SSSR count). The summed E-state index contributed by atoms with van der Waals surface area (Å²) >= 11 is 0. The minimum absolute atomic E-state index is 0.186. The van der Waals surface area contributed by atoms with E-state index in [0.29, 0.717) is 22.6 Å². The van der Waals surface area contributed by atoms with Crippen molar-refractivity contribution in [3.63, 3.8) is 0 Å². The van der Waals surface area contributed by atoms with Crippen LogP contribution in [0.2, 0.25) is 0 Å². The summed E-state index contributed by atoms with van der Waals surface area (Å²) in [5, 5.41) is 0. The van der Waals surface area contributed by atoms with E-state index in [2.05, 4.69) is 47.1 Å². The molecule has 37 heavy (non-hydrogen) atoms. The molecular weight excluding hydrogens is 466 g/mol. The summed E-state index contributed by atoms with van der Waals surface area (Å²) in [6, 6.07) is 21.5. The number of hydrogen-bond acceptors (Lipinski definition) is 6. The summed E-state index contributed by atoms with van der Waals surface area (Å²) in [6.07, 6.45) is 2.23. The van der Waals surface area contributed by atoms with Crippen molar-refractivity contribution in [2.24, 2.45) is 0 Å². The zero-order valence-corrected chi connectivity index (χ0v) is 20.9. The molecule has 3 aromatic carbocycles. The second-order valence-corrected chi connectivity index (χ2v) is 9.75. The Morgan fingerprint density at radius 3 is 2.46 bits per heavy atom. The van der Waals surface area contributed by atoms with E-state index < -0.39 is 0 Å². The maximum absolute atomic E-state index is 13.5. The lowest BCUT2D eigenvalue weighted by Crippen LogP contribution is -2.47. The fraction of sp³-hybridized carbons (Fsp3) is 0.267. The molecule has 7 nitrogen and oxygen atoms in total. The van der Waals surface area contributed by atoms with Crippen LogP contribution in [0.1, 0.15) is 38.8 Å². The lowest BCUT2D eigenvalue weighted by Gasteiger charge is -2.37. The quantitative estimate of drug-likeness (QED) is 0.472. The van der Waals surface area contributed by atoms with Gasteiger partial charge in [0.2, 0.25) is 6.79 Å². The summed E-state index contributed by atoms with van der Waals surface area (Å²) in [4.78, 5) is 32.7. The van der Waals surface area contributed by atoms with Crippen molar-refractivity contribution in [2.45, 2.75) is 13.5 Å². The first-order valence-electron chi connectivity index (χ1n) is 12.6. The number of amides is 2. The Morgan fingerprint density at radius 1 is 0.865 bits per heavy atom. The molecule has 0 unspecified atom stereocenters. The predicted octanol–water partition coefficient (Wildman–Crippen LogP) is 4.44. The normalized spacial score (nSPS) is 17.5. The molecule has 3 aliphatic heterocycles. The van der Waals surface area contributed by atoms with Gasteiger partial charge >= 0.3 is 0 Å². The maximum atomic E-state index is 13.5. The van der Waals surface area contributed by atoms with Crippen LogP contribution in [0.4, 0.5) is 5.69 Å². The van der Waals surface area contributed by atoms with Gasteiger partial charge in [-0.2, -0.15) is 0 Å². The van der Waals surface area contributed by atoms with Crippen molar-refractivity contribution in [1.82, 2.24) is 9.80 Å². The van der Waals surface area contributed by atoms with Gasteiger partial charge < -0.3 is 14.4 Å². The molecule has 0 atom stereocenters. The van der Waals surface area contributed by atoms with E-state index in [4.69, 9.17) is 9.47 Å². The van der Waals surface area contributed by atoms with E-state index in [9.17, 15) is 9.59 Å². The molecule has 3 aliphatic rings. The van der Waals surface area contributed by atoms with Gasteiger partial charge in [0.25, 0.3) is 11.8 Å². The standard InChI is InChI=1S/C30H29N3O4/c1-21(16-22-6-3-2-4-7-22)18-31-12-14-32(15-13-31)25-9-5-8-24-28(25)30(35)33(29(24)34)19-23-10-11-26-27(17-23)37-20-36-26/h2-11,16-17H,12-15,18-20H2,1H3/b21-16+. The highest BCUT2D eigenvalue weighted by Crippen LogP contribution is 2.36.